The Morgan fingerprint density at radius 2 is 1.19 bits per heavy atom. The van der Waals surface area contributed by atoms with Crippen LogP contribution >= 0.6 is 11.3 Å². The van der Waals surface area contributed by atoms with Crippen molar-refractivity contribution in [2.45, 2.75) is 20.8 Å². The van der Waals surface area contributed by atoms with Gasteiger partial charge in [-0.1, -0.05) is 65.2 Å². The molecule has 0 bridgehead atoms. The molecule has 134 valence electrons. The third-order valence-electron chi connectivity index (χ3n) is 4.61. The Morgan fingerprint density at radius 1 is 0.667 bits per heavy atom. The van der Waals surface area contributed by atoms with Gasteiger partial charge in [0.05, 0.1) is 11.4 Å². The molecule has 2 nitrogen and oxygen atoms in total. The van der Waals surface area contributed by atoms with Crippen molar-refractivity contribution in [3.63, 3.8) is 0 Å². The zero-order chi connectivity index (χ0) is 18.8. The summed E-state index contributed by atoms with van der Waals surface area (Å²) in [5, 5.41) is 2.19. The molecule has 0 radical (unpaired) electrons. The van der Waals surface area contributed by atoms with Gasteiger partial charge in [0.2, 0.25) is 0 Å². The summed E-state index contributed by atoms with van der Waals surface area (Å²) < 4.78 is 2.24. The van der Waals surface area contributed by atoms with Gasteiger partial charge in [-0.2, -0.15) is 0 Å². The van der Waals surface area contributed by atoms with Crippen LogP contribution in [0.25, 0.3) is 16.9 Å². The van der Waals surface area contributed by atoms with Crippen molar-refractivity contribution in [3.05, 3.63) is 99.7 Å². The van der Waals surface area contributed by atoms with Crippen LogP contribution < -0.4 is 4.80 Å². The topological polar surface area (TPSA) is 17.3 Å². The standard InChI is InChI=1S/C24H22N2S/c1-17-4-10-20(11-5-17)23-16-27-24(25-21-12-6-18(2)7-13-21)26(23)22-14-8-19(3)9-15-22/h4-16H,1-3H3. The molecule has 0 saturated heterocycles. The maximum absolute atomic E-state index is 4.93. The Hall–Kier alpha value is -2.91. The summed E-state index contributed by atoms with van der Waals surface area (Å²) >= 11 is 1.67. The van der Waals surface area contributed by atoms with Gasteiger partial charge in [-0.25, -0.2) is 4.99 Å². The minimum atomic E-state index is 0.971. The van der Waals surface area contributed by atoms with E-state index in [2.05, 4.69) is 104 Å². The summed E-state index contributed by atoms with van der Waals surface area (Å²) in [5.74, 6) is 0. The Kier molecular flexibility index (Phi) is 4.78. The van der Waals surface area contributed by atoms with Gasteiger partial charge in [0.15, 0.2) is 4.80 Å². The Bertz CT molecular complexity index is 1110. The Morgan fingerprint density at radius 3 is 1.78 bits per heavy atom. The average Bonchev–Trinajstić information content (AvgIpc) is 3.08. The summed E-state index contributed by atoms with van der Waals surface area (Å²) in [7, 11) is 0. The van der Waals surface area contributed by atoms with Crippen molar-refractivity contribution < 1.29 is 0 Å². The first-order valence-corrected chi connectivity index (χ1v) is 9.94. The molecule has 3 heteroatoms. The first-order valence-electron chi connectivity index (χ1n) is 9.06. The number of aromatic nitrogens is 1. The molecule has 0 aliphatic carbocycles. The van der Waals surface area contributed by atoms with Crippen LogP contribution in [-0.4, -0.2) is 4.57 Å². The maximum atomic E-state index is 4.93. The van der Waals surface area contributed by atoms with Gasteiger partial charge in [-0.05, 0) is 50.6 Å². The molecule has 27 heavy (non-hydrogen) atoms. The van der Waals surface area contributed by atoms with Crippen molar-refractivity contribution in [2.24, 2.45) is 4.99 Å². The monoisotopic (exact) mass is 370 g/mol. The van der Waals surface area contributed by atoms with Gasteiger partial charge < -0.3 is 0 Å². The first kappa shape index (κ1) is 17.5. The van der Waals surface area contributed by atoms with E-state index in [1.54, 1.807) is 11.3 Å². The lowest BCUT2D eigenvalue weighted by Crippen LogP contribution is -2.13. The molecule has 0 N–H and O–H groups in total. The predicted octanol–water partition coefficient (Wildman–Crippen LogP) is 6.36. The van der Waals surface area contributed by atoms with Crippen LogP contribution in [0.1, 0.15) is 16.7 Å². The van der Waals surface area contributed by atoms with E-state index in [0.29, 0.717) is 0 Å². The fraction of sp³-hybridized carbons (Fsp3) is 0.125. The zero-order valence-electron chi connectivity index (χ0n) is 15.8. The molecular weight excluding hydrogens is 348 g/mol. The molecule has 0 aliphatic rings. The van der Waals surface area contributed by atoms with E-state index in [4.69, 9.17) is 4.99 Å². The Balaban J connectivity index is 1.92. The summed E-state index contributed by atoms with van der Waals surface area (Å²) in [4.78, 5) is 5.90. The number of nitrogens with zero attached hydrogens (tertiary/aromatic N) is 2. The number of hydrogen-bond acceptors (Lipinski definition) is 2. The van der Waals surface area contributed by atoms with Crippen molar-refractivity contribution >= 4 is 17.0 Å². The van der Waals surface area contributed by atoms with Crippen molar-refractivity contribution in [3.8, 4) is 16.9 Å². The second kappa shape index (κ2) is 7.37. The lowest BCUT2D eigenvalue weighted by Gasteiger charge is -2.10. The highest BCUT2D eigenvalue weighted by Gasteiger charge is 2.10. The van der Waals surface area contributed by atoms with Gasteiger partial charge in [0.25, 0.3) is 0 Å². The van der Waals surface area contributed by atoms with Crippen LogP contribution in [0.5, 0.6) is 0 Å². The van der Waals surface area contributed by atoms with E-state index in [9.17, 15) is 0 Å². The van der Waals surface area contributed by atoms with Crippen molar-refractivity contribution in [1.82, 2.24) is 4.57 Å². The minimum Gasteiger partial charge on any atom is -0.285 e. The van der Waals surface area contributed by atoms with Crippen LogP contribution in [-0.2, 0) is 0 Å². The molecule has 0 fully saturated rings. The van der Waals surface area contributed by atoms with Gasteiger partial charge >= 0.3 is 0 Å². The molecule has 1 heterocycles. The van der Waals surface area contributed by atoms with E-state index in [1.807, 2.05) is 0 Å². The van der Waals surface area contributed by atoms with E-state index in [1.165, 1.54) is 22.3 Å². The van der Waals surface area contributed by atoms with E-state index in [-0.39, 0.29) is 0 Å². The number of benzene rings is 3. The van der Waals surface area contributed by atoms with Crippen molar-refractivity contribution in [2.75, 3.05) is 0 Å². The third-order valence-corrected chi connectivity index (χ3v) is 5.43. The van der Waals surface area contributed by atoms with Crippen LogP contribution in [0.15, 0.2) is 83.2 Å². The molecule has 1 aromatic heterocycles. The summed E-state index contributed by atoms with van der Waals surface area (Å²) in [6.45, 7) is 6.32. The molecule has 0 unspecified atom stereocenters. The molecule has 0 aliphatic heterocycles. The van der Waals surface area contributed by atoms with Crippen LogP contribution in [0.4, 0.5) is 5.69 Å². The number of aryl methyl sites for hydroxylation is 3. The first-order chi connectivity index (χ1) is 13.1. The molecule has 0 saturated carbocycles. The predicted molar refractivity (Wildman–Crippen MR) is 115 cm³/mol. The normalized spacial score (nSPS) is 11.7. The van der Waals surface area contributed by atoms with Gasteiger partial charge in [0.1, 0.15) is 0 Å². The smallest absolute Gasteiger partial charge is 0.195 e. The number of hydrogen-bond donors (Lipinski definition) is 0. The number of thiazole rings is 1. The van der Waals surface area contributed by atoms with Gasteiger partial charge in [0, 0.05) is 11.1 Å². The maximum Gasteiger partial charge on any atom is 0.195 e. The molecule has 0 atom stereocenters. The summed E-state index contributed by atoms with van der Waals surface area (Å²) in [6, 6.07) is 25.6. The highest BCUT2D eigenvalue weighted by molar-refractivity contribution is 7.07. The molecule has 4 rings (SSSR count). The summed E-state index contributed by atoms with van der Waals surface area (Å²) in [6.07, 6.45) is 0. The SMILES string of the molecule is Cc1ccc(N=c2scc(-c3ccc(C)cc3)n2-c2ccc(C)cc2)cc1. The van der Waals surface area contributed by atoms with Gasteiger partial charge in [-0.15, -0.1) is 11.3 Å². The molecular formula is C24H22N2S. The lowest BCUT2D eigenvalue weighted by atomic mass is 10.1. The average molecular weight is 371 g/mol. The van der Waals surface area contributed by atoms with E-state index >= 15 is 0 Å². The van der Waals surface area contributed by atoms with E-state index in [0.717, 1.165) is 21.9 Å². The van der Waals surface area contributed by atoms with Gasteiger partial charge in [-0.3, -0.25) is 4.57 Å². The highest BCUT2D eigenvalue weighted by Crippen LogP contribution is 2.25. The lowest BCUT2D eigenvalue weighted by molar-refractivity contribution is 1.01. The Labute approximate surface area is 164 Å². The van der Waals surface area contributed by atoms with Crippen LogP contribution in [0.3, 0.4) is 0 Å². The zero-order valence-corrected chi connectivity index (χ0v) is 16.6. The van der Waals surface area contributed by atoms with Crippen molar-refractivity contribution in [1.29, 1.82) is 0 Å². The van der Waals surface area contributed by atoms with Crippen LogP contribution in [0.2, 0.25) is 0 Å². The fourth-order valence-electron chi connectivity index (χ4n) is 2.99. The minimum absolute atomic E-state index is 0.971. The molecule has 4 aromatic rings. The molecule has 3 aromatic carbocycles. The second-order valence-electron chi connectivity index (χ2n) is 6.89. The van der Waals surface area contributed by atoms with Crippen LogP contribution in [0, 0.1) is 20.8 Å². The number of rotatable bonds is 3. The second-order valence-corrected chi connectivity index (χ2v) is 7.72. The largest absolute Gasteiger partial charge is 0.285 e. The highest BCUT2D eigenvalue weighted by atomic mass is 32.1. The molecule has 0 spiro atoms. The summed E-state index contributed by atoms with van der Waals surface area (Å²) in [5.41, 5.74) is 8.22. The molecule has 0 amide bonds. The third kappa shape index (κ3) is 3.79. The fourth-order valence-corrected chi connectivity index (χ4v) is 3.91. The quantitative estimate of drug-likeness (QED) is 0.399. The van der Waals surface area contributed by atoms with E-state index < -0.39 is 0 Å².